The van der Waals surface area contributed by atoms with Crippen LogP contribution in [0.25, 0.3) is 0 Å². The molecule has 0 saturated carbocycles. The number of carbonyl (C=O) groups is 2. The lowest BCUT2D eigenvalue weighted by Crippen LogP contribution is -2.33. The molecule has 2 amide bonds. The van der Waals surface area contributed by atoms with E-state index in [2.05, 4.69) is 0 Å². The van der Waals surface area contributed by atoms with E-state index in [1.54, 1.807) is 4.90 Å². The van der Waals surface area contributed by atoms with E-state index in [0.717, 1.165) is 31.4 Å². The van der Waals surface area contributed by atoms with Crippen molar-refractivity contribution in [2.75, 3.05) is 18.0 Å². The number of nitrogens with zero attached hydrogens (tertiary/aromatic N) is 1. The summed E-state index contributed by atoms with van der Waals surface area (Å²) in [5.74, 6) is -0.359. The number of amides is 2. The summed E-state index contributed by atoms with van der Waals surface area (Å²) in [7, 11) is 0. The highest BCUT2D eigenvalue weighted by Crippen LogP contribution is 2.16. The van der Waals surface area contributed by atoms with Crippen molar-refractivity contribution in [2.45, 2.75) is 38.5 Å². The van der Waals surface area contributed by atoms with Crippen LogP contribution in [0.3, 0.4) is 0 Å². The first-order valence-corrected chi connectivity index (χ1v) is 7.49. The fourth-order valence-electron chi connectivity index (χ4n) is 2.14. The molecule has 0 atom stereocenters. The van der Waals surface area contributed by atoms with E-state index in [4.69, 9.17) is 11.5 Å². The first kappa shape index (κ1) is 20.4. The molecule has 0 spiro atoms. The molecule has 1 rings (SSSR count). The number of primary amides is 1. The molecular weight excluding hydrogens is 302 g/mol. The van der Waals surface area contributed by atoms with Crippen LogP contribution in [-0.2, 0) is 9.59 Å². The number of anilines is 1. The largest absolute Gasteiger partial charge is 0.370 e. The molecule has 0 aliphatic carbocycles. The van der Waals surface area contributed by atoms with Crippen molar-refractivity contribution < 1.29 is 9.59 Å². The highest BCUT2D eigenvalue weighted by molar-refractivity contribution is 5.93. The quantitative estimate of drug-likeness (QED) is 0.646. The third-order valence-corrected chi connectivity index (χ3v) is 3.30. The molecule has 0 aromatic heterocycles. The van der Waals surface area contributed by atoms with Crippen LogP contribution in [0, 0.1) is 0 Å². The Morgan fingerprint density at radius 1 is 0.955 bits per heavy atom. The van der Waals surface area contributed by atoms with Gasteiger partial charge in [-0.15, -0.1) is 12.4 Å². The van der Waals surface area contributed by atoms with Gasteiger partial charge in [-0.2, -0.15) is 0 Å². The summed E-state index contributed by atoms with van der Waals surface area (Å²) in [5.41, 5.74) is 11.4. The van der Waals surface area contributed by atoms with Gasteiger partial charge in [0.25, 0.3) is 0 Å². The topological polar surface area (TPSA) is 89.4 Å². The molecule has 0 bridgehead atoms. The number of rotatable bonds is 10. The maximum atomic E-state index is 12.3. The van der Waals surface area contributed by atoms with Crippen molar-refractivity contribution in [3.63, 3.8) is 0 Å². The van der Waals surface area contributed by atoms with E-state index in [9.17, 15) is 9.59 Å². The normalized spacial score (nSPS) is 9.86. The molecule has 0 saturated heterocycles. The summed E-state index contributed by atoms with van der Waals surface area (Å²) < 4.78 is 0. The Morgan fingerprint density at radius 2 is 1.59 bits per heavy atom. The molecule has 0 aliphatic rings. The van der Waals surface area contributed by atoms with Crippen molar-refractivity contribution >= 4 is 29.9 Å². The maximum absolute atomic E-state index is 12.3. The molecule has 1 aromatic carbocycles. The molecule has 5 nitrogen and oxygen atoms in total. The average Bonchev–Trinajstić information content (AvgIpc) is 2.48. The first-order chi connectivity index (χ1) is 10.1. The van der Waals surface area contributed by atoms with Crippen molar-refractivity contribution in [3.8, 4) is 0 Å². The van der Waals surface area contributed by atoms with E-state index in [1.807, 2.05) is 30.3 Å². The molecule has 4 N–H and O–H groups in total. The predicted molar refractivity (Wildman–Crippen MR) is 92.0 cm³/mol. The molecule has 0 radical (unpaired) electrons. The van der Waals surface area contributed by atoms with Gasteiger partial charge in [-0.05, 0) is 31.5 Å². The zero-order valence-electron chi connectivity index (χ0n) is 12.9. The van der Waals surface area contributed by atoms with E-state index in [1.165, 1.54) is 0 Å². The zero-order chi connectivity index (χ0) is 15.5. The van der Waals surface area contributed by atoms with Gasteiger partial charge in [0.05, 0.1) is 0 Å². The predicted octanol–water partition coefficient (Wildman–Crippen LogP) is 2.23. The van der Waals surface area contributed by atoms with Crippen molar-refractivity contribution in [3.05, 3.63) is 30.3 Å². The van der Waals surface area contributed by atoms with Gasteiger partial charge < -0.3 is 16.4 Å². The van der Waals surface area contributed by atoms with E-state index < -0.39 is 5.91 Å². The van der Waals surface area contributed by atoms with Crippen LogP contribution in [0.2, 0.25) is 0 Å². The second kappa shape index (κ2) is 12.0. The summed E-state index contributed by atoms with van der Waals surface area (Å²) in [4.78, 5) is 24.9. The Balaban J connectivity index is 0.00000441. The number of hydrogen-bond acceptors (Lipinski definition) is 3. The number of carbonyl (C=O) groups excluding carboxylic acids is 2. The molecule has 22 heavy (non-hydrogen) atoms. The van der Waals surface area contributed by atoms with Crippen LogP contribution in [0.1, 0.15) is 38.5 Å². The number of para-hydroxylation sites is 1. The Labute approximate surface area is 138 Å². The van der Waals surface area contributed by atoms with Crippen LogP contribution in [0.4, 0.5) is 5.69 Å². The molecule has 0 aliphatic heterocycles. The van der Waals surface area contributed by atoms with Gasteiger partial charge >= 0.3 is 0 Å². The van der Waals surface area contributed by atoms with Gasteiger partial charge in [-0.25, -0.2) is 0 Å². The van der Waals surface area contributed by atoms with E-state index in [-0.39, 0.29) is 24.7 Å². The van der Waals surface area contributed by atoms with Crippen LogP contribution in [0.15, 0.2) is 30.3 Å². The maximum Gasteiger partial charge on any atom is 0.226 e. The fourth-order valence-corrected chi connectivity index (χ4v) is 2.14. The average molecular weight is 328 g/mol. The molecule has 0 heterocycles. The van der Waals surface area contributed by atoms with Crippen LogP contribution in [0.5, 0.6) is 0 Å². The lowest BCUT2D eigenvalue weighted by Gasteiger charge is -2.22. The molecular formula is C16H26ClN3O2. The monoisotopic (exact) mass is 327 g/mol. The third kappa shape index (κ3) is 8.00. The molecule has 0 unspecified atom stereocenters. The summed E-state index contributed by atoms with van der Waals surface area (Å²) in [6.45, 7) is 1.03. The highest BCUT2D eigenvalue weighted by Gasteiger charge is 2.15. The lowest BCUT2D eigenvalue weighted by molar-refractivity contribution is -0.119. The zero-order valence-corrected chi connectivity index (χ0v) is 13.7. The SMILES string of the molecule is Cl.NCCCCCCC(=O)N(CCC(N)=O)c1ccccc1. The Bertz CT molecular complexity index is 440. The first-order valence-electron chi connectivity index (χ1n) is 7.49. The minimum absolute atomic E-state index is 0. The summed E-state index contributed by atoms with van der Waals surface area (Å²) in [5, 5.41) is 0. The second-order valence-electron chi connectivity index (χ2n) is 5.05. The highest BCUT2D eigenvalue weighted by atomic mass is 35.5. The van der Waals surface area contributed by atoms with Crippen molar-refractivity contribution in [2.24, 2.45) is 11.5 Å². The van der Waals surface area contributed by atoms with Crippen LogP contribution < -0.4 is 16.4 Å². The van der Waals surface area contributed by atoms with Gasteiger partial charge in [0.1, 0.15) is 0 Å². The summed E-state index contributed by atoms with van der Waals surface area (Å²) in [6, 6.07) is 9.38. The number of halogens is 1. The van der Waals surface area contributed by atoms with Crippen LogP contribution in [-0.4, -0.2) is 24.9 Å². The van der Waals surface area contributed by atoms with Gasteiger partial charge in [0.2, 0.25) is 11.8 Å². The minimum Gasteiger partial charge on any atom is -0.370 e. The Morgan fingerprint density at radius 3 is 2.18 bits per heavy atom. The van der Waals surface area contributed by atoms with E-state index in [0.29, 0.717) is 19.5 Å². The number of unbranched alkanes of at least 4 members (excludes halogenated alkanes) is 3. The van der Waals surface area contributed by atoms with Crippen molar-refractivity contribution in [1.29, 1.82) is 0 Å². The van der Waals surface area contributed by atoms with Crippen molar-refractivity contribution in [1.82, 2.24) is 0 Å². The third-order valence-electron chi connectivity index (χ3n) is 3.30. The number of benzene rings is 1. The molecule has 0 fully saturated rings. The lowest BCUT2D eigenvalue weighted by atomic mass is 10.1. The number of nitrogens with two attached hydrogens (primary N) is 2. The molecule has 1 aromatic rings. The van der Waals surface area contributed by atoms with Gasteiger partial charge in [0.15, 0.2) is 0 Å². The smallest absolute Gasteiger partial charge is 0.226 e. The Kier molecular flexibility index (Phi) is 11.1. The molecule has 124 valence electrons. The minimum atomic E-state index is -0.397. The molecule has 6 heteroatoms. The van der Waals surface area contributed by atoms with Crippen LogP contribution >= 0.6 is 12.4 Å². The van der Waals surface area contributed by atoms with E-state index >= 15 is 0 Å². The standard InChI is InChI=1S/C16H25N3O2.ClH/c17-12-7-2-1-6-10-16(21)19(13-11-15(18)20)14-8-4-3-5-9-14;/h3-5,8-9H,1-2,6-7,10-13,17H2,(H2,18,20);1H. The Hall–Kier alpha value is -1.59. The van der Waals surface area contributed by atoms with Gasteiger partial charge in [-0.1, -0.05) is 31.0 Å². The summed E-state index contributed by atoms with van der Waals surface area (Å²) in [6.07, 6.45) is 4.56. The number of hydrogen-bond donors (Lipinski definition) is 2. The summed E-state index contributed by atoms with van der Waals surface area (Å²) >= 11 is 0. The van der Waals surface area contributed by atoms with Gasteiger partial charge in [-0.3, -0.25) is 9.59 Å². The van der Waals surface area contributed by atoms with Gasteiger partial charge in [0, 0.05) is 25.1 Å². The second-order valence-corrected chi connectivity index (χ2v) is 5.05. The fraction of sp³-hybridized carbons (Fsp3) is 0.500.